The lowest BCUT2D eigenvalue weighted by atomic mass is 10.1. The summed E-state index contributed by atoms with van der Waals surface area (Å²) in [5.74, 6) is -0.520. The van der Waals surface area contributed by atoms with Crippen LogP contribution in [-0.2, 0) is 14.3 Å². The summed E-state index contributed by atoms with van der Waals surface area (Å²) in [6, 6.07) is 18.1. The number of ether oxygens (including phenoxy) is 4. The minimum absolute atomic E-state index is 0.175. The minimum Gasteiger partial charge on any atom is -0.495 e. The van der Waals surface area contributed by atoms with Crippen LogP contribution in [-0.4, -0.2) is 45.7 Å². The minimum atomic E-state index is -0.647. The molecule has 39 heavy (non-hydrogen) atoms. The molecular weight excluding hydrogens is 570 g/mol. The normalized spacial score (nSPS) is 10.6. The second kappa shape index (κ2) is 13.6. The van der Waals surface area contributed by atoms with E-state index in [4.69, 9.17) is 14.2 Å². The van der Waals surface area contributed by atoms with E-state index in [0.29, 0.717) is 32.7 Å². The molecule has 0 aliphatic carbocycles. The molecule has 0 heterocycles. The van der Waals surface area contributed by atoms with E-state index >= 15 is 0 Å². The first-order valence-electron chi connectivity index (χ1n) is 11.3. The Kier molecular flexibility index (Phi) is 10.1. The van der Waals surface area contributed by atoms with Crippen LogP contribution in [0, 0.1) is 11.3 Å². The molecule has 2 N–H and O–H groups in total. The molecular formula is C28H24BrN3O7. The number of esters is 1. The Hall–Kier alpha value is -4.82. The Morgan fingerprint density at radius 3 is 2.28 bits per heavy atom. The van der Waals surface area contributed by atoms with Crippen molar-refractivity contribution in [3.63, 3.8) is 0 Å². The molecule has 0 saturated carbocycles. The zero-order valence-corrected chi connectivity index (χ0v) is 22.8. The summed E-state index contributed by atoms with van der Waals surface area (Å²) in [6.07, 6.45) is 1.38. The van der Waals surface area contributed by atoms with E-state index in [1.165, 1.54) is 51.7 Å². The van der Waals surface area contributed by atoms with Gasteiger partial charge in [-0.2, -0.15) is 5.26 Å². The van der Waals surface area contributed by atoms with Gasteiger partial charge in [0.15, 0.2) is 18.1 Å². The van der Waals surface area contributed by atoms with Crippen molar-refractivity contribution >= 4 is 51.2 Å². The second-order valence-corrected chi connectivity index (χ2v) is 8.62. The molecule has 0 atom stereocenters. The first-order valence-corrected chi connectivity index (χ1v) is 12.1. The van der Waals surface area contributed by atoms with Crippen molar-refractivity contribution in [1.29, 1.82) is 5.26 Å². The van der Waals surface area contributed by atoms with E-state index in [2.05, 4.69) is 31.3 Å². The van der Waals surface area contributed by atoms with Gasteiger partial charge in [0.2, 0.25) is 0 Å². The highest BCUT2D eigenvalue weighted by molar-refractivity contribution is 9.10. The van der Waals surface area contributed by atoms with Crippen LogP contribution in [0.2, 0.25) is 0 Å². The van der Waals surface area contributed by atoms with Gasteiger partial charge in [-0.1, -0.05) is 12.1 Å². The van der Waals surface area contributed by atoms with E-state index in [0.717, 1.165) is 0 Å². The number of anilines is 2. The number of nitriles is 1. The maximum Gasteiger partial charge on any atom is 0.337 e. The summed E-state index contributed by atoms with van der Waals surface area (Å²) in [7, 11) is 4.20. The average Bonchev–Trinajstić information content (AvgIpc) is 2.95. The Balaban J connectivity index is 1.72. The number of methoxy groups -OCH3 is 3. The molecule has 0 bridgehead atoms. The van der Waals surface area contributed by atoms with Gasteiger partial charge in [-0.3, -0.25) is 9.59 Å². The molecule has 0 aliphatic heterocycles. The largest absolute Gasteiger partial charge is 0.495 e. The number of carbonyl (C=O) groups excluding carboxylic acids is 3. The highest BCUT2D eigenvalue weighted by Gasteiger charge is 2.16. The fourth-order valence-electron chi connectivity index (χ4n) is 3.36. The number of amides is 2. The third-order valence-corrected chi connectivity index (χ3v) is 5.81. The lowest BCUT2D eigenvalue weighted by molar-refractivity contribution is -0.118. The predicted molar refractivity (Wildman–Crippen MR) is 148 cm³/mol. The van der Waals surface area contributed by atoms with Gasteiger partial charge < -0.3 is 29.6 Å². The van der Waals surface area contributed by atoms with Crippen molar-refractivity contribution in [3.8, 4) is 23.3 Å². The molecule has 0 fully saturated rings. The van der Waals surface area contributed by atoms with Crippen LogP contribution in [0.3, 0.4) is 0 Å². The maximum absolute atomic E-state index is 12.7. The number of hydrogen-bond acceptors (Lipinski definition) is 8. The van der Waals surface area contributed by atoms with E-state index in [1.54, 1.807) is 36.4 Å². The lowest BCUT2D eigenvalue weighted by Crippen LogP contribution is -2.20. The number of nitrogens with zero attached hydrogens (tertiary/aromatic N) is 1. The quantitative estimate of drug-likeness (QED) is 0.194. The average molecular weight is 594 g/mol. The van der Waals surface area contributed by atoms with Crippen LogP contribution in [0.15, 0.2) is 70.7 Å². The van der Waals surface area contributed by atoms with Gasteiger partial charge in [-0.05, 0) is 76.1 Å². The van der Waals surface area contributed by atoms with Crippen molar-refractivity contribution in [2.75, 3.05) is 38.6 Å². The Morgan fingerprint density at radius 2 is 1.64 bits per heavy atom. The van der Waals surface area contributed by atoms with Gasteiger partial charge in [-0.15, -0.1) is 0 Å². The molecule has 11 heteroatoms. The standard InChI is InChI=1S/C28H24BrN3O7/c1-36-23-7-5-4-6-22(23)32-25(33)16-39-26-21(29)13-17(14-24(26)37-2)12-19(15-30)27(34)31-20-10-8-18(9-11-20)28(35)38-3/h4-14H,16H2,1-3H3,(H,31,34)(H,32,33)/b19-12-. The first-order chi connectivity index (χ1) is 18.8. The van der Waals surface area contributed by atoms with Crippen LogP contribution < -0.4 is 24.8 Å². The molecule has 200 valence electrons. The first kappa shape index (κ1) is 28.7. The van der Waals surface area contributed by atoms with Crippen LogP contribution in [0.5, 0.6) is 17.2 Å². The molecule has 0 radical (unpaired) electrons. The van der Waals surface area contributed by atoms with E-state index in [9.17, 15) is 19.6 Å². The number of para-hydroxylation sites is 2. The summed E-state index contributed by atoms with van der Waals surface area (Å²) < 4.78 is 21.4. The number of carbonyl (C=O) groups is 3. The molecule has 0 aromatic heterocycles. The van der Waals surface area contributed by atoms with Crippen molar-refractivity contribution in [1.82, 2.24) is 0 Å². The Bertz CT molecular complexity index is 1450. The fourth-order valence-corrected chi connectivity index (χ4v) is 3.93. The number of rotatable bonds is 10. The van der Waals surface area contributed by atoms with Crippen LogP contribution in [0.4, 0.5) is 11.4 Å². The Labute approximate surface area is 233 Å². The molecule has 0 saturated heterocycles. The molecule has 3 aromatic rings. The van der Waals surface area contributed by atoms with Crippen molar-refractivity contribution in [2.45, 2.75) is 0 Å². The van der Waals surface area contributed by atoms with Crippen LogP contribution in [0.1, 0.15) is 15.9 Å². The smallest absolute Gasteiger partial charge is 0.337 e. The Morgan fingerprint density at radius 1 is 0.949 bits per heavy atom. The zero-order chi connectivity index (χ0) is 28.4. The third kappa shape index (κ3) is 7.59. The molecule has 10 nitrogen and oxygen atoms in total. The summed E-state index contributed by atoms with van der Waals surface area (Å²) in [6.45, 7) is -0.317. The lowest BCUT2D eigenvalue weighted by Gasteiger charge is -2.14. The SMILES string of the molecule is COC(=O)c1ccc(NC(=O)/C(C#N)=C\c2cc(Br)c(OCC(=O)Nc3ccccc3OC)c(OC)c2)cc1. The number of nitrogens with one attached hydrogen (secondary N) is 2. The summed E-state index contributed by atoms with van der Waals surface area (Å²) in [5, 5.41) is 14.9. The van der Waals surface area contributed by atoms with Gasteiger partial charge in [0, 0.05) is 5.69 Å². The van der Waals surface area contributed by atoms with Gasteiger partial charge in [-0.25, -0.2) is 4.79 Å². The monoisotopic (exact) mass is 593 g/mol. The zero-order valence-electron chi connectivity index (χ0n) is 21.2. The van der Waals surface area contributed by atoms with Crippen molar-refractivity contribution < 1.29 is 33.3 Å². The van der Waals surface area contributed by atoms with Crippen LogP contribution in [0.25, 0.3) is 6.08 Å². The summed E-state index contributed by atoms with van der Waals surface area (Å²) >= 11 is 3.40. The molecule has 0 aliphatic rings. The highest BCUT2D eigenvalue weighted by atomic mass is 79.9. The fraction of sp³-hybridized carbons (Fsp3) is 0.143. The van der Waals surface area contributed by atoms with Crippen molar-refractivity contribution in [2.24, 2.45) is 0 Å². The van der Waals surface area contributed by atoms with Gasteiger partial charge >= 0.3 is 5.97 Å². The predicted octanol–water partition coefficient (Wildman–Crippen LogP) is 4.82. The van der Waals surface area contributed by atoms with E-state index in [1.807, 2.05) is 6.07 Å². The molecule has 3 rings (SSSR count). The second-order valence-electron chi connectivity index (χ2n) is 7.76. The van der Waals surface area contributed by atoms with Crippen LogP contribution >= 0.6 is 15.9 Å². The molecule has 0 unspecified atom stereocenters. The van der Waals surface area contributed by atoms with E-state index < -0.39 is 17.8 Å². The van der Waals surface area contributed by atoms with Gasteiger partial charge in [0.05, 0.1) is 37.1 Å². The third-order valence-electron chi connectivity index (χ3n) is 5.22. The highest BCUT2D eigenvalue weighted by Crippen LogP contribution is 2.37. The topological polar surface area (TPSA) is 136 Å². The molecule has 0 spiro atoms. The maximum atomic E-state index is 12.7. The molecule has 2 amide bonds. The van der Waals surface area contributed by atoms with E-state index in [-0.39, 0.29) is 23.7 Å². The number of benzene rings is 3. The summed E-state index contributed by atoms with van der Waals surface area (Å²) in [4.78, 5) is 36.7. The summed E-state index contributed by atoms with van der Waals surface area (Å²) in [5.41, 5.74) is 1.51. The number of hydrogen-bond donors (Lipinski definition) is 2. The van der Waals surface area contributed by atoms with Gasteiger partial charge in [0.25, 0.3) is 11.8 Å². The van der Waals surface area contributed by atoms with Gasteiger partial charge in [0.1, 0.15) is 17.4 Å². The van der Waals surface area contributed by atoms with Crippen molar-refractivity contribution in [3.05, 3.63) is 81.8 Å². The number of halogens is 1. The molecule has 3 aromatic carbocycles.